The molecule has 0 saturated heterocycles. The zero-order chi connectivity index (χ0) is 11.9. The highest BCUT2D eigenvalue weighted by molar-refractivity contribution is 7.85. The average molecular weight is 234 g/mol. The van der Waals surface area contributed by atoms with E-state index in [1.807, 2.05) is 0 Å². The Kier molecular flexibility index (Phi) is 3.23. The smallest absolute Gasteiger partial charge is 0.264 e. The lowest BCUT2D eigenvalue weighted by molar-refractivity contribution is 0.0781. The van der Waals surface area contributed by atoms with Crippen LogP contribution in [0.1, 0.15) is 40.5 Å². The summed E-state index contributed by atoms with van der Waals surface area (Å²) in [4.78, 5) is 0. The van der Waals surface area contributed by atoms with Gasteiger partial charge in [0.15, 0.2) is 0 Å². The summed E-state index contributed by atoms with van der Waals surface area (Å²) in [5, 5.41) is 0. The summed E-state index contributed by atoms with van der Waals surface area (Å²) in [5.74, 6) is 0.335. The summed E-state index contributed by atoms with van der Waals surface area (Å²) < 4.78 is 26.8. The van der Waals surface area contributed by atoms with Gasteiger partial charge < -0.3 is 0 Å². The minimum atomic E-state index is -3.30. The highest BCUT2D eigenvalue weighted by atomic mass is 32.2. The van der Waals surface area contributed by atoms with Crippen molar-refractivity contribution in [3.05, 3.63) is 0 Å². The van der Waals surface area contributed by atoms with Gasteiger partial charge in [-0.05, 0) is 29.6 Å². The van der Waals surface area contributed by atoms with Crippen LogP contribution in [0, 0.1) is 16.7 Å². The zero-order valence-corrected chi connectivity index (χ0v) is 11.1. The van der Waals surface area contributed by atoms with Crippen LogP contribution in [0.25, 0.3) is 0 Å². The van der Waals surface area contributed by atoms with E-state index in [0.717, 1.165) is 19.1 Å². The van der Waals surface area contributed by atoms with Crippen molar-refractivity contribution in [1.82, 2.24) is 0 Å². The van der Waals surface area contributed by atoms with E-state index in [-0.39, 0.29) is 10.8 Å². The molecule has 0 bridgehead atoms. The Bertz CT molecular complexity index is 328. The first-order chi connectivity index (χ1) is 6.56. The van der Waals surface area contributed by atoms with Crippen LogP contribution in [0.2, 0.25) is 0 Å². The Morgan fingerprint density at radius 3 is 2.13 bits per heavy atom. The first-order valence-electron chi connectivity index (χ1n) is 5.41. The summed E-state index contributed by atoms with van der Waals surface area (Å²) in [7, 11) is -3.30. The van der Waals surface area contributed by atoms with Gasteiger partial charge in [-0.15, -0.1) is 0 Å². The molecule has 1 aliphatic carbocycles. The minimum absolute atomic E-state index is 0.137. The van der Waals surface area contributed by atoms with Crippen LogP contribution in [0.5, 0.6) is 0 Å². The van der Waals surface area contributed by atoms with Gasteiger partial charge in [0.25, 0.3) is 10.1 Å². The van der Waals surface area contributed by atoms with Gasteiger partial charge >= 0.3 is 0 Å². The van der Waals surface area contributed by atoms with Crippen LogP contribution in [-0.2, 0) is 14.3 Å². The van der Waals surface area contributed by atoms with E-state index in [1.54, 1.807) is 0 Å². The van der Waals surface area contributed by atoms with Crippen molar-refractivity contribution in [2.75, 3.05) is 12.9 Å². The molecule has 1 rings (SSSR count). The van der Waals surface area contributed by atoms with E-state index in [2.05, 4.69) is 27.7 Å². The molecule has 0 radical (unpaired) electrons. The molecule has 90 valence electrons. The largest absolute Gasteiger partial charge is 0.270 e. The van der Waals surface area contributed by atoms with Crippen molar-refractivity contribution in [2.45, 2.75) is 40.5 Å². The molecule has 0 aromatic carbocycles. The van der Waals surface area contributed by atoms with E-state index >= 15 is 0 Å². The van der Waals surface area contributed by atoms with E-state index in [0.29, 0.717) is 12.5 Å². The number of hydrogen-bond donors (Lipinski definition) is 0. The van der Waals surface area contributed by atoms with E-state index < -0.39 is 10.1 Å². The maximum Gasteiger partial charge on any atom is 0.264 e. The van der Waals surface area contributed by atoms with Crippen molar-refractivity contribution in [3.8, 4) is 0 Å². The second-order valence-corrected chi connectivity index (χ2v) is 7.47. The molecule has 1 atom stereocenters. The van der Waals surface area contributed by atoms with E-state index in [9.17, 15) is 8.42 Å². The third kappa shape index (κ3) is 2.72. The van der Waals surface area contributed by atoms with Gasteiger partial charge in [0.2, 0.25) is 0 Å². The number of rotatable bonds is 3. The lowest BCUT2D eigenvalue weighted by atomic mass is 9.67. The molecular weight excluding hydrogens is 212 g/mol. The normalized spacial score (nSPS) is 29.3. The quantitative estimate of drug-likeness (QED) is 0.704. The third-order valence-electron chi connectivity index (χ3n) is 4.37. The molecule has 0 aromatic rings. The van der Waals surface area contributed by atoms with Crippen molar-refractivity contribution in [3.63, 3.8) is 0 Å². The minimum Gasteiger partial charge on any atom is -0.270 e. The summed E-state index contributed by atoms with van der Waals surface area (Å²) in [5.41, 5.74) is 0.399. The van der Waals surface area contributed by atoms with Crippen molar-refractivity contribution < 1.29 is 12.6 Å². The zero-order valence-electron chi connectivity index (χ0n) is 10.3. The highest BCUT2D eigenvalue weighted by Crippen LogP contribution is 2.55. The van der Waals surface area contributed by atoms with Gasteiger partial charge in [0.05, 0.1) is 12.9 Å². The predicted octanol–water partition coefficient (Wildman–Crippen LogP) is 2.43. The van der Waals surface area contributed by atoms with Crippen LogP contribution in [0.3, 0.4) is 0 Å². The van der Waals surface area contributed by atoms with Gasteiger partial charge in [-0.25, -0.2) is 0 Å². The Morgan fingerprint density at radius 2 is 1.80 bits per heavy atom. The maximum absolute atomic E-state index is 10.9. The standard InChI is InChI=1S/C11H22O3S/c1-10(2)7-6-9(11(10,3)4)8-14-15(5,12)13/h9H,6-8H2,1-5H3/t9-/m0/s1. The van der Waals surface area contributed by atoms with Gasteiger partial charge in [-0.3, -0.25) is 4.18 Å². The molecule has 0 aliphatic heterocycles. The van der Waals surface area contributed by atoms with E-state index in [1.165, 1.54) is 0 Å². The molecule has 4 heteroatoms. The molecule has 1 saturated carbocycles. The van der Waals surface area contributed by atoms with Crippen LogP contribution >= 0.6 is 0 Å². The maximum atomic E-state index is 10.9. The first kappa shape index (κ1) is 13.0. The molecule has 0 N–H and O–H groups in total. The fraction of sp³-hybridized carbons (Fsp3) is 1.00. The van der Waals surface area contributed by atoms with Gasteiger partial charge in [-0.1, -0.05) is 27.7 Å². The van der Waals surface area contributed by atoms with Crippen molar-refractivity contribution in [2.24, 2.45) is 16.7 Å². The Labute approximate surface area is 93.3 Å². The van der Waals surface area contributed by atoms with Crippen LogP contribution in [-0.4, -0.2) is 21.3 Å². The molecule has 0 spiro atoms. The van der Waals surface area contributed by atoms with Crippen LogP contribution in [0.15, 0.2) is 0 Å². The topological polar surface area (TPSA) is 43.4 Å². The van der Waals surface area contributed by atoms with Crippen molar-refractivity contribution >= 4 is 10.1 Å². The highest BCUT2D eigenvalue weighted by Gasteiger charge is 2.48. The first-order valence-corrected chi connectivity index (χ1v) is 7.22. The van der Waals surface area contributed by atoms with Crippen molar-refractivity contribution in [1.29, 1.82) is 0 Å². The lowest BCUT2D eigenvalue weighted by Crippen LogP contribution is -2.34. The molecule has 3 nitrogen and oxygen atoms in total. The van der Waals surface area contributed by atoms with E-state index in [4.69, 9.17) is 4.18 Å². The summed E-state index contributed by atoms with van der Waals surface area (Å²) in [6, 6.07) is 0. The Hall–Kier alpha value is -0.0900. The molecule has 15 heavy (non-hydrogen) atoms. The average Bonchev–Trinajstić information content (AvgIpc) is 2.19. The Morgan fingerprint density at radius 1 is 1.27 bits per heavy atom. The lowest BCUT2D eigenvalue weighted by Gasteiger charge is -2.38. The van der Waals surface area contributed by atoms with Gasteiger partial charge in [-0.2, -0.15) is 8.42 Å². The molecule has 0 amide bonds. The number of hydrogen-bond acceptors (Lipinski definition) is 3. The predicted molar refractivity (Wildman–Crippen MR) is 61.1 cm³/mol. The molecule has 1 fully saturated rings. The van der Waals surface area contributed by atoms with Gasteiger partial charge in [0.1, 0.15) is 0 Å². The van der Waals surface area contributed by atoms with Crippen LogP contribution in [0.4, 0.5) is 0 Å². The molecule has 0 aromatic heterocycles. The van der Waals surface area contributed by atoms with Crippen LogP contribution < -0.4 is 0 Å². The molecule has 1 aliphatic rings. The molecular formula is C11H22O3S. The SMILES string of the molecule is CC1(C)CC[C@@H](COS(C)(=O)=O)C1(C)C. The second-order valence-electron chi connectivity index (χ2n) is 5.83. The second kappa shape index (κ2) is 3.74. The molecule has 0 heterocycles. The van der Waals surface area contributed by atoms with Gasteiger partial charge in [0, 0.05) is 0 Å². The third-order valence-corrected chi connectivity index (χ3v) is 4.93. The Balaban J connectivity index is 2.67. The summed E-state index contributed by atoms with van der Waals surface area (Å²) >= 11 is 0. The molecule has 0 unspecified atom stereocenters. The summed E-state index contributed by atoms with van der Waals surface area (Å²) in [6.07, 6.45) is 3.30. The summed E-state index contributed by atoms with van der Waals surface area (Å²) in [6.45, 7) is 9.22. The monoisotopic (exact) mass is 234 g/mol. The fourth-order valence-corrected chi connectivity index (χ4v) is 2.68. The fourth-order valence-electron chi connectivity index (χ4n) is 2.27.